The lowest BCUT2D eigenvalue weighted by molar-refractivity contribution is 0.386. The molecule has 2 heterocycles. The summed E-state index contributed by atoms with van der Waals surface area (Å²) in [6.07, 6.45) is 1.24. The van der Waals surface area contributed by atoms with Crippen LogP contribution in [0.15, 0.2) is 36.4 Å². The van der Waals surface area contributed by atoms with Gasteiger partial charge in [0.25, 0.3) is 0 Å². The molecule has 128 valence electrons. The molecule has 0 radical (unpaired) electrons. The van der Waals surface area contributed by atoms with E-state index in [9.17, 15) is 8.42 Å². The van der Waals surface area contributed by atoms with Gasteiger partial charge in [0.15, 0.2) is 11.6 Å². The van der Waals surface area contributed by atoms with Crippen LogP contribution >= 0.6 is 0 Å². The molecular weight excluding hydrogens is 326 g/mol. The Labute approximate surface area is 142 Å². The van der Waals surface area contributed by atoms with Gasteiger partial charge < -0.3 is 10.2 Å². The number of hydrogen-bond acceptors (Lipinski definition) is 6. The normalized spacial score (nSPS) is 16.2. The van der Waals surface area contributed by atoms with Crippen molar-refractivity contribution in [2.75, 3.05) is 42.7 Å². The lowest BCUT2D eigenvalue weighted by atomic mass is 10.2. The minimum atomic E-state index is -3.12. The Kier molecular flexibility index (Phi) is 4.68. The second-order valence-electron chi connectivity index (χ2n) is 5.92. The first kappa shape index (κ1) is 16.7. The molecule has 1 N–H and O–H groups in total. The summed E-state index contributed by atoms with van der Waals surface area (Å²) < 4.78 is 24.6. The van der Waals surface area contributed by atoms with Gasteiger partial charge in [0.1, 0.15) is 0 Å². The molecular formula is C16H21N5O2S. The Balaban J connectivity index is 1.62. The Bertz CT molecular complexity index is 782. The number of aromatic nitrogens is 2. The number of nitrogens with one attached hydrogen (secondary N) is 1. The summed E-state index contributed by atoms with van der Waals surface area (Å²) in [4.78, 5) is 2.05. The van der Waals surface area contributed by atoms with E-state index < -0.39 is 10.0 Å². The van der Waals surface area contributed by atoms with E-state index in [0.29, 0.717) is 32.0 Å². The Hall–Kier alpha value is -2.19. The molecule has 1 aliphatic rings. The van der Waals surface area contributed by atoms with E-state index in [-0.39, 0.29) is 0 Å². The molecule has 1 aromatic heterocycles. The van der Waals surface area contributed by atoms with Crippen LogP contribution in [0, 0.1) is 6.92 Å². The zero-order valence-electron chi connectivity index (χ0n) is 13.8. The van der Waals surface area contributed by atoms with Crippen molar-refractivity contribution in [3.8, 4) is 0 Å². The molecule has 1 aliphatic heterocycles. The fraction of sp³-hybridized carbons (Fsp3) is 0.375. The van der Waals surface area contributed by atoms with Crippen LogP contribution in [0.5, 0.6) is 0 Å². The van der Waals surface area contributed by atoms with Gasteiger partial charge >= 0.3 is 0 Å². The van der Waals surface area contributed by atoms with Crippen molar-refractivity contribution in [1.29, 1.82) is 0 Å². The SMILES string of the molecule is Cc1ccc(Nc2ccc(N3CCN(S(C)(=O)=O)CC3)nn2)cc1. The lowest BCUT2D eigenvalue weighted by Crippen LogP contribution is -2.48. The van der Waals surface area contributed by atoms with E-state index in [1.165, 1.54) is 16.1 Å². The van der Waals surface area contributed by atoms with E-state index in [4.69, 9.17) is 0 Å². The van der Waals surface area contributed by atoms with Crippen molar-refractivity contribution >= 4 is 27.3 Å². The van der Waals surface area contributed by atoms with Crippen molar-refractivity contribution in [2.24, 2.45) is 0 Å². The Morgan fingerprint density at radius 1 is 0.958 bits per heavy atom. The molecule has 0 saturated carbocycles. The summed E-state index contributed by atoms with van der Waals surface area (Å²) in [5, 5.41) is 11.7. The third-order valence-corrected chi connectivity index (χ3v) is 5.31. The van der Waals surface area contributed by atoms with Crippen LogP contribution in [0.4, 0.5) is 17.3 Å². The molecule has 0 atom stereocenters. The van der Waals surface area contributed by atoms with Crippen LogP contribution < -0.4 is 10.2 Å². The van der Waals surface area contributed by atoms with E-state index in [1.807, 2.05) is 48.2 Å². The van der Waals surface area contributed by atoms with Gasteiger partial charge in [0.2, 0.25) is 10.0 Å². The van der Waals surface area contributed by atoms with Crippen LogP contribution in [0.3, 0.4) is 0 Å². The monoisotopic (exact) mass is 347 g/mol. The highest BCUT2D eigenvalue weighted by Gasteiger charge is 2.24. The molecule has 0 spiro atoms. The predicted octanol–water partition coefficient (Wildman–Crippen LogP) is 1.61. The predicted molar refractivity (Wildman–Crippen MR) is 95.1 cm³/mol. The third kappa shape index (κ3) is 4.01. The maximum absolute atomic E-state index is 11.5. The molecule has 8 heteroatoms. The van der Waals surface area contributed by atoms with Crippen LogP contribution in [0.25, 0.3) is 0 Å². The standard InChI is InChI=1S/C16H21N5O2S/c1-13-3-5-14(6-4-13)17-15-7-8-16(19-18-15)20-9-11-21(12-10-20)24(2,22)23/h3-8H,9-12H2,1-2H3,(H,17,18). The molecule has 7 nitrogen and oxygen atoms in total. The average molecular weight is 347 g/mol. The van der Waals surface area contributed by atoms with E-state index in [1.54, 1.807) is 0 Å². The molecule has 0 amide bonds. The first-order chi connectivity index (χ1) is 11.4. The van der Waals surface area contributed by atoms with Crippen molar-refractivity contribution in [3.63, 3.8) is 0 Å². The number of anilines is 3. The van der Waals surface area contributed by atoms with Gasteiger partial charge in [-0.2, -0.15) is 4.31 Å². The first-order valence-corrected chi connectivity index (χ1v) is 9.64. The van der Waals surface area contributed by atoms with Crippen molar-refractivity contribution < 1.29 is 8.42 Å². The fourth-order valence-electron chi connectivity index (χ4n) is 2.59. The number of nitrogens with zero attached hydrogens (tertiary/aromatic N) is 4. The highest BCUT2D eigenvalue weighted by atomic mass is 32.2. The molecule has 0 bridgehead atoms. The summed E-state index contributed by atoms with van der Waals surface area (Å²) in [6, 6.07) is 11.8. The molecule has 1 aromatic carbocycles. The number of aryl methyl sites for hydroxylation is 1. The number of rotatable bonds is 4. The quantitative estimate of drug-likeness (QED) is 0.905. The summed E-state index contributed by atoms with van der Waals surface area (Å²) >= 11 is 0. The molecule has 0 aliphatic carbocycles. The van der Waals surface area contributed by atoms with Crippen molar-refractivity contribution in [1.82, 2.24) is 14.5 Å². The van der Waals surface area contributed by atoms with E-state index in [0.717, 1.165) is 11.5 Å². The topological polar surface area (TPSA) is 78.4 Å². The van der Waals surface area contributed by atoms with Gasteiger partial charge in [-0.1, -0.05) is 17.7 Å². The third-order valence-electron chi connectivity index (χ3n) is 4.01. The minimum Gasteiger partial charge on any atom is -0.352 e. The van der Waals surface area contributed by atoms with Crippen LogP contribution in [-0.2, 0) is 10.0 Å². The van der Waals surface area contributed by atoms with Crippen LogP contribution in [-0.4, -0.2) is 55.4 Å². The summed E-state index contributed by atoms with van der Waals surface area (Å²) in [7, 11) is -3.12. The molecule has 0 unspecified atom stereocenters. The first-order valence-electron chi connectivity index (χ1n) is 7.79. The van der Waals surface area contributed by atoms with E-state index >= 15 is 0 Å². The summed E-state index contributed by atoms with van der Waals surface area (Å²) in [5.74, 6) is 1.44. The van der Waals surface area contributed by atoms with Crippen LogP contribution in [0.2, 0.25) is 0 Å². The van der Waals surface area contributed by atoms with Gasteiger partial charge in [-0.05, 0) is 31.2 Å². The Morgan fingerprint density at radius 3 is 2.17 bits per heavy atom. The largest absolute Gasteiger partial charge is 0.352 e. The second-order valence-corrected chi connectivity index (χ2v) is 7.90. The van der Waals surface area contributed by atoms with Crippen molar-refractivity contribution in [2.45, 2.75) is 6.92 Å². The van der Waals surface area contributed by atoms with Crippen molar-refractivity contribution in [3.05, 3.63) is 42.0 Å². The fourth-order valence-corrected chi connectivity index (χ4v) is 3.42. The van der Waals surface area contributed by atoms with Gasteiger partial charge in [-0.25, -0.2) is 8.42 Å². The van der Waals surface area contributed by atoms with Gasteiger partial charge in [-0.3, -0.25) is 0 Å². The molecule has 24 heavy (non-hydrogen) atoms. The van der Waals surface area contributed by atoms with Gasteiger partial charge in [0, 0.05) is 31.9 Å². The summed E-state index contributed by atoms with van der Waals surface area (Å²) in [6.45, 7) is 4.23. The average Bonchev–Trinajstić information content (AvgIpc) is 2.57. The zero-order valence-corrected chi connectivity index (χ0v) is 14.6. The zero-order chi connectivity index (χ0) is 17.2. The lowest BCUT2D eigenvalue weighted by Gasteiger charge is -2.33. The molecule has 1 fully saturated rings. The second kappa shape index (κ2) is 6.74. The smallest absolute Gasteiger partial charge is 0.211 e. The van der Waals surface area contributed by atoms with Gasteiger partial charge in [0.05, 0.1) is 6.26 Å². The number of hydrogen-bond donors (Lipinski definition) is 1. The summed E-state index contributed by atoms with van der Waals surface area (Å²) in [5.41, 5.74) is 2.17. The molecule has 2 aromatic rings. The maximum Gasteiger partial charge on any atom is 0.211 e. The number of piperazine rings is 1. The molecule has 3 rings (SSSR count). The highest BCUT2D eigenvalue weighted by Crippen LogP contribution is 2.18. The minimum absolute atomic E-state index is 0.476. The Morgan fingerprint density at radius 2 is 1.62 bits per heavy atom. The number of benzene rings is 1. The number of sulfonamides is 1. The van der Waals surface area contributed by atoms with Gasteiger partial charge in [-0.15, -0.1) is 10.2 Å². The highest BCUT2D eigenvalue weighted by molar-refractivity contribution is 7.88. The molecule has 1 saturated heterocycles. The maximum atomic E-state index is 11.5. The van der Waals surface area contributed by atoms with E-state index in [2.05, 4.69) is 15.5 Å². The van der Waals surface area contributed by atoms with Crippen LogP contribution in [0.1, 0.15) is 5.56 Å².